The second-order valence-electron chi connectivity index (χ2n) is 3.69. The fraction of sp³-hybridized carbons (Fsp3) is 0.500. The first-order valence-corrected chi connectivity index (χ1v) is 6.13. The molecule has 1 atom stereocenters. The zero-order valence-corrected chi connectivity index (χ0v) is 9.72. The average Bonchev–Trinajstić information content (AvgIpc) is 2.77. The Kier molecular flexibility index (Phi) is 3.29. The lowest BCUT2D eigenvalue weighted by atomic mass is 10.2. The third-order valence-corrected chi connectivity index (χ3v) is 3.97. The lowest BCUT2D eigenvalue weighted by Gasteiger charge is -2.20. The number of nitrogens with zero attached hydrogens (tertiary/aromatic N) is 1. The monoisotopic (exact) mass is 245 g/mol. The third kappa shape index (κ3) is 2.33. The van der Waals surface area contributed by atoms with E-state index in [0.717, 1.165) is 29.3 Å². The molecule has 2 heterocycles. The molecule has 0 unspecified atom stereocenters. The molecule has 15 heavy (non-hydrogen) atoms. The summed E-state index contributed by atoms with van der Waals surface area (Å²) in [5, 5.41) is 10.9. The smallest absolute Gasteiger partial charge is 0.320 e. The van der Waals surface area contributed by atoms with Crippen molar-refractivity contribution in [2.45, 2.75) is 25.4 Å². The van der Waals surface area contributed by atoms with Crippen molar-refractivity contribution in [3.63, 3.8) is 0 Å². The number of aliphatic carboxylic acids is 1. The fourth-order valence-electron chi connectivity index (χ4n) is 1.95. The van der Waals surface area contributed by atoms with Crippen molar-refractivity contribution in [3.05, 3.63) is 21.3 Å². The van der Waals surface area contributed by atoms with Crippen LogP contribution in [-0.4, -0.2) is 28.6 Å². The van der Waals surface area contributed by atoms with E-state index in [1.165, 1.54) is 11.3 Å². The molecule has 82 valence electrons. The van der Waals surface area contributed by atoms with Crippen molar-refractivity contribution >= 4 is 28.9 Å². The first kappa shape index (κ1) is 10.9. The van der Waals surface area contributed by atoms with Crippen LogP contribution in [0.5, 0.6) is 0 Å². The molecule has 0 bridgehead atoms. The Hall–Kier alpha value is -0.580. The van der Waals surface area contributed by atoms with Crippen LogP contribution in [0, 0.1) is 0 Å². The van der Waals surface area contributed by atoms with Crippen molar-refractivity contribution < 1.29 is 9.90 Å². The SMILES string of the molecule is O=C(O)[C@H]1CCCN1Cc1ccsc1Cl. The Balaban J connectivity index is 2.06. The second-order valence-corrected chi connectivity index (χ2v) is 5.20. The van der Waals surface area contributed by atoms with E-state index in [1.54, 1.807) is 0 Å². The van der Waals surface area contributed by atoms with E-state index in [2.05, 4.69) is 0 Å². The number of carbonyl (C=O) groups is 1. The van der Waals surface area contributed by atoms with Gasteiger partial charge in [0.1, 0.15) is 6.04 Å². The van der Waals surface area contributed by atoms with Gasteiger partial charge in [-0.3, -0.25) is 9.69 Å². The molecule has 1 aromatic rings. The molecule has 1 aliphatic heterocycles. The van der Waals surface area contributed by atoms with Crippen molar-refractivity contribution in [2.75, 3.05) is 6.54 Å². The lowest BCUT2D eigenvalue weighted by Crippen LogP contribution is -2.35. The molecule has 0 amide bonds. The maximum atomic E-state index is 11.0. The summed E-state index contributed by atoms with van der Waals surface area (Å²) in [6, 6.07) is 1.63. The van der Waals surface area contributed by atoms with Crippen molar-refractivity contribution in [1.29, 1.82) is 0 Å². The lowest BCUT2D eigenvalue weighted by molar-refractivity contribution is -0.142. The van der Waals surface area contributed by atoms with E-state index in [1.807, 2.05) is 16.3 Å². The average molecular weight is 246 g/mol. The molecule has 1 aliphatic rings. The zero-order valence-electron chi connectivity index (χ0n) is 8.15. The maximum Gasteiger partial charge on any atom is 0.320 e. The van der Waals surface area contributed by atoms with Crippen LogP contribution in [-0.2, 0) is 11.3 Å². The standard InChI is InChI=1S/C10H12ClNO2S/c11-9-7(3-5-15-9)6-12-4-1-2-8(12)10(13)14/h3,5,8H,1-2,4,6H2,(H,13,14)/t8-/m1/s1. The number of hydrogen-bond acceptors (Lipinski definition) is 3. The highest BCUT2D eigenvalue weighted by Gasteiger charge is 2.30. The van der Waals surface area contributed by atoms with Crippen LogP contribution in [0.25, 0.3) is 0 Å². The Labute approximate surface area is 97.3 Å². The molecule has 0 aromatic carbocycles. The van der Waals surface area contributed by atoms with Crippen LogP contribution >= 0.6 is 22.9 Å². The van der Waals surface area contributed by atoms with Gasteiger partial charge in [-0.1, -0.05) is 11.6 Å². The Morgan fingerprint density at radius 1 is 1.73 bits per heavy atom. The summed E-state index contributed by atoms with van der Waals surface area (Å²) >= 11 is 7.48. The van der Waals surface area contributed by atoms with Gasteiger partial charge in [-0.2, -0.15) is 0 Å². The Bertz CT molecular complexity index is 366. The van der Waals surface area contributed by atoms with Gasteiger partial charge in [0, 0.05) is 6.54 Å². The van der Waals surface area contributed by atoms with Crippen LogP contribution in [0.3, 0.4) is 0 Å². The van der Waals surface area contributed by atoms with Gasteiger partial charge in [0.25, 0.3) is 0 Å². The Morgan fingerprint density at radius 3 is 3.13 bits per heavy atom. The molecular weight excluding hydrogens is 234 g/mol. The van der Waals surface area contributed by atoms with Crippen molar-refractivity contribution in [2.24, 2.45) is 0 Å². The molecule has 0 saturated carbocycles. The zero-order chi connectivity index (χ0) is 10.8. The van der Waals surface area contributed by atoms with E-state index in [9.17, 15) is 4.79 Å². The highest BCUT2D eigenvalue weighted by Crippen LogP contribution is 2.27. The number of carboxylic acids is 1. The van der Waals surface area contributed by atoms with Crippen molar-refractivity contribution in [1.82, 2.24) is 4.90 Å². The number of thiophene rings is 1. The van der Waals surface area contributed by atoms with Gasteiger partial charge in [-0.25, -0.2) is 0 Å². The highest BCUT2D eigenvalue weighted by molar-refractivity contribution is 7.14. The Morgan fingerprint density at radius 2 is 2.53 bits per heavy atom. The third-order valence-electron chi connectivity index (χ3n) is 2.72. The van der Waals surface area contributed by atoms with Crippen LogP contribution in [0.2, 0.25) is 4.34 Å². The molecule has 0 aliphatic carbocycles. The molecule has 2 rings (SSSR count). The molecule has 3 nitrogen and oxygen atoms in total. The number of rotatable bonds is 3. The highest BCUT2D eigenvalue weighted by atomic mass is 35.5. The van der Waals surface area contributed by atoms with Crippen molar-refractivity contribution in [3.8, 4) is 0 Å². The van der Waals surface area contributed by atoms with E-state index in [4.69, 9.17) is 16.7 Å². The first-order chi connectivity index (χ1) is 7.18. The molecule has 1 fully saturated rings. The van der Waals surface area contributed by atoms with Crippen LogP contribution in [0.4, 0.5) is 0 Å². The quantitative estimate of drug-likeness (QED) is 0.889. The summed E-state index contributed by atoms with van der Waals surface area (Å²) in [6.45, 7) is 1.50. The van der Waals surface area contributed by atoms with Gasteiger partial charge in [0.15, 0.2) is 0 Å². The number of halogens is 1. The van der Waals surface area contributed by atoms with Gasteiger partial charge in [-0.15, -0.1) is 11.3 Å². The number of carboxylic acid groups (broad SMARTS) is 1. The minimum absolute atomic E-state index is 0.332. The van der Waals surface area contributed by atoms with Gasteiger partial charge in [0.05, 0.1) is 4.34 Å². The summed E-state index contributed by atoms with van der Waals surface area (Å²) in [5.74, 6) is -0.723. The topological polar surface area (TPSA) is 40.5 Å². The van der Waals surface area contributed by atoms with Crippen LogP contribution in [0.1, 0.15) is 18.4 Å². The minimum atomic E-state index is -0.723. The van der Waals surface area contributed by atoms with Crippen LogP contribution in [0.15, 0.2) is 11.4 Å². The van der Waals surface area contributed by atoms with Gasteiger partial charge >= 0.3 is 5.97 Å². The van der Waals surface area contributed by atoms with E-state index in [-0.39, 0.29) is 6.04 Å². The first-order valence-electron chi connectivity index (χ1n) is 4.87. The van der Waals surface area contributed by atoms with E-state index >= 15 is 0 Å². The van der Waals surface area contributed by atoms with Gasteiger partial charge in [0.2, 0.25) is 0 Å². The van der Waals surface area contributed by atoms with Gasteiger partial charge in [-0.05, 0) is 36.4 Å². The van der Waals surface area contributed by atoms with Crippen LogP contribution < -0.4 is 0 Å². The predicted octanol–water partition coefficient (Wildman–Crippen LogP) is 2.45. The molecule has 0 radical (unpaired) electrons. The maximum absolute atomic E-state index is 11.0. The largest absolute Gasteiger partial charge is 0.480 e. The second kappa shape index (κ2) is 4.51. The predicted molar refractivity (Wildman–Crippen MR) is 60.4 cm³/mol. The van der Waals surface area contributed by atoms with E-state index in [0.29, 0.717) is 6.54 Å². The summed E-state index contributed by atoms with van der Waals surface area (Å²) in [5.41, 5.74) is 1.04. The molecule has 5 heteroatoms. The minimum Gasteiger partial charge on any atom is -0.480 e. The molecule has 1 aromatic heterocycles. The summed E-state index contributed by atoms with van der Waals surface area (Å²) in [6.07, 6.45) is 1.70. The number of likely N-dealkylation sites (tertiary alicyclic amines) is 1. The fourth-order valence-corrected chi connectivity index (χ4v) is 2.86. The molecule has 0 spiro atoms. The summed E-state index contributed by atoms with van der Waals surface area (Å²) in [4.78, 5) is 12.9. The normalized spacial score (nSPS) is 22.1. The molecular formula is C10H12ClNO2S. The van der Waals surface area contributed by atoms with E-state index < -0.39 is 5.97 Å². The molecule has 1 saturated heterocycles. The summed E-state index contributed by atoms with van der Waals surface area (Å²) in [7, 11) is 0. The summed E-state index contributed by atoms with van der Waals surface area (Å²) < 4.78 is 0.769. The number of hydrogen-bond donors (Lipinski definition) is 1. The van der Waals surface area contributed by atoms with Gasteiger partial charge < -0.3 is 5.11 Å². The molecule has 1 N–H and O–H groups in total.